The molecule has 10 heteroatoms. The van der Waals surface area contributed by atoms with Gasteiger partial charge in [0.1, 0.15) is 16.4 Å². The van der Waals surface area contributed by atoms with Gasteiger partial charge in [-0.25, -0.2) is 13.4 Å². The van der Waals surface area contributed by atoms with Crippen LogP contribution in [0.5, 0.6) is 0 Å². The van der Waals surface area contributed by atoms with Gasteiger partial charge in [0.15, 0.2) is 0 Å². The van der Waals surface area contributed by atoms with Crippen molar-refractivity contribution in [1.29, 1.82) is 0 Å². The van der Waals surface area contributed by atoms with Crippen molar-refractivity contribution in [3.63, 3.8) is 0 Å². The van der Waals surface area contributed by atoms with Crippen molar-refractivity contribution in [2.24, 2.45) is 7.05 Å². The summed E-state index contributed by atoms with van der Waals surface area (Å²) in [5.41, 5.74) is 3.51. The van der Waals surface area contributed by atoms with Gasteiger partial charge in [-0.3, -0.25) is 4.79 Å². The lowest BCUT2D eigenvalue weighted by atomic mass is 10.2. The third-order valence-electron chi connectivity index (χ3n) is 5.67. The Morgan fingerprint density at radius 2 is 1.88 bits per heavy atom. The Hall–Kier alpha value is -3.47. The summed E-state index contributed by atoms with van der Waals surface area (Å²) in [6.45, 7) is 1.31. The number of anilines is 1. The third-order valence-corrected chi connectivity index (χ3v) is 7.55. The number of carbonyl (C=O) groups is 1. The second-order valence-electron chi connectivity index (χ2n) is 7.78. The first kappa shape index (κ1) is 21.4. The highest BCUT2D eigenvalue weighted by molar-refractivity contribution is 7.89. The molecule has 3 heterocycles. The molecule has 2 N–H and O–H groups in total. The molecule has 33 heavy (non-hydrogen) atoms. The fraction of sp³-hybridized carbons (Fsp3) is 0.217. The van der Waals surface area contributed by atoms with Crippen LogP contribution in [0.25, 0.3) is 22.4 Å². The lowest BCUT2D eigenvalue weighted by molar-refractivity contribution is 0.0730. The van der Waals surface area contributed by atoms with Crippen LogP contribution in [-0.4, -0.2) is 59.5 Å². The number of morpholine rings is 1. The van der Waals surface area contributed by atoms with E-state index in [2.05, 4.69) is 10.3 Å². The van der Waals surface area contributed by atoms with E-state index in [0.29, 0.717) is 32.0 Å². The molecule has 0 saturated carbocycles. The number of hydrogen-bond acceptors (Lipinski definition) is 5. The Balaban J connectivity index is 1.36. The summed E-state index contributed by atoms with van der Waals surface area (Å²) >= 11 is 0. The number of carbonyl (C=O) groups excluding carboxylic acids is 1. The zero-order chi connectivity index (χ0) is 23.0. The fourth-order valence-electron chi connectivity index (χ4n) is 3.93. The number of nitrogens with one attached hydrogen (secondary N) is 2. The molecule has 4 aromatic rings. The van der Waals surface area contributed by atoms with Crippen molar-refractivity contribution in [3.05, 3.63) is 66.5 Å². The molecule has 0 bridgehead atoms. The SMILES string of the molecule is Cn1c(-c2cccc(NC(=O)c3cc(S(=O)(=O)N4CCOCC4)c[nH]3)c2)nc2ccccc21. The Morgan fingerprint density at radius 3 is 2.67 bits per heavy atom. The van der Waals surface area contributed by atoms with Gasteiger partial charge in [-0.05, 0) is 30.3 Å². The minimum Gasteiger partial charge on any atom is -0.379 e. The van der Waals surface area contributed by atoms with Crippen LogP contribution < -0.4 is 5.32 Å². The number of imidazole rings is 1. The summed E-state index contributed by atoms with van der Waals surface area (Å²) in [5.74, 6) is 0.353. The highest BCUT2D eigenvalue weighted by Crippen LogP contribution is 2.26. The van der Waals surface area contributed by atoms with Gasteiger partial charge < -0.3 is 19.6 Å². The normalized spacial score (nSPS) is 15.1. The number of rotatable bonds is 5. The standard InChI is InChI=1S/C23H23N5O4S/c1-27-21-8-3-2-7-19(21)26-22(27)16-5-4-6-17(13-16)25-23(29)20-14-18(15-24-20)33(30,31)28-9-11-32-12-10-28/h2-8,13-15,24H,9-12H2,1H3,(H,25,29). The van der Waals surface area contributed by atoms with Crippen molar-refractivity contribution in [2.75, 3.05) is 31.6 Å². The Morgan fingerprint density at radius 1 is 1.09 bits per heavy atom. The van der Waals surface area contributed by atoms with Crippen LogP contribution in [-0.2, 0) is 21.8 Å². The number of nitrogens with zero attached hydrogens (tertiary/aromatic N) is 3. The van der Waals surface area contributed by atoms with Crippen LogP contribution >= 0.6 is 0 Å². The molecule has 170 valence electrons. The van der Waals surface area contributed by atoms with Gasteiger partial charge in [0, 0.05) is 37.6 Å². The monoisotopic (exact) mass is 465 g/mol. The van der Waals surface area contributed by atoms with Crippen molar-refractivity contribution < 1.29 is 17.9 Å². The molecule has 0 radical (unpaired) electrons. The Bertz CT molecular complexity index is 1430. The molecule has 2 aromatic heterocycles. The molecule has 0 aliphatic carbocycles. The van der Waals surface area contributed by atoms with E-state index in [0.717, 1.165) is 22.4 Å². The van der Waals surface area contributed by atoms with Crippen LogP contribution in [0.2, 0.25) is 0 Å². The van der Waals surface area contributed by atoms with Crippen molar-refractivity contribution in [2.45, 2.75) is 4.90 Å². The van der Waals surface area contributed by atoms with Crippen LogP contribution in [0.1, 0.15) is 10.5 Å². The van der Waals surface area contributed by atoms with Gasteiger partial charge in [0.05, 0.1) is 24.2 Å². The Labute approximate surface area is 191 Å². The predicted octanol–water partition coefficient (Wildman–Crippen LogP) is 2.84. The van der Waals surface area contributed by atoms with Gasteiger partial charge in [-0.1, -0.05) is 24.3 Å². The molecular formula is C23H23N5O4S. The van der Waals surface area contributed by atoms with Crippen LogP contribution in [0.15, 0.2) is 65.7 Å². The maximum absolute atomic E-state index is 12.8. The summed E-state index contributed by atoms with van der Waals surface area (Å²) in [7, 11) is -1.73. The van der Waals surface area contributed by atoms with E-state index in [1.807, 2.05) is 54.1 Å². The topological polar surface area (TPSA) is 109 Å². The quantitative estimate of drug-likeness (QED) is 0.471. The van der Waals surface area contributed by atoms with Gasteiger partial charge in [0.25, 0.3) is 5.91 Å². The third kappa shape index (κ3) is 4.04. The van der Waals surface area contributed by atoms with Crippen molar-refractivity contribution in [3.8, 4) is 11.4 Å². The van der Waals surface area contributed by atoms with Crippen molar-refractivity contribution >= 4 is 32.7 Å². The first-order valence-electron chi connectivity index (χ1n) is 10.5. The predicted molar refractivity (Wildman–Crippen MR) is 124 cm³/mol. The molecule has 1 saturated heterocycles. The molecule has 2 aromatic carbocycles. The molecular weight excluding hydrogens is 442 g/mol. The number of hydrogen-bond donors (Lipinski definition) is 2. The number of aryl methyl sites for hydroxylation is 1. The highest BCUT2D eigenvalue weighted by atomic mass is 32.2. The molecule has 5 rings (SSSR count). The first-order chi connectivity index (χ1) is 15.9. The van der Waals surface area contributed by atoms with Crippen LogP contribution in [0.4, 0.5) is 5.69 Å². The number of aromatic amines is 1. The second-order valence-corrected chi connectivity index (χ2v) is 9.72. The zero-order valence-electron chi connectivity index (χ0n) is 18.0. The largest absolute Gasteiger partial charge is 0.379 e. The van der Waals surface area contributed by atoms with Crippen molar-refractivity contribution in [1.82, 2.24) is 18.8 Å². The molecule has 1 aliphatic rings. The lowest BCUT2D eigenvalue weighted by Gasteiger charge is -2.25. The van der Waals surface area contributed by atoms with Gasteiger partial charge in [0.2, 0.25) is 10.0 Å². The zero-order valence-corrected chi connectivity index (χ0v) is 18.8. The molecule has 0 atom stereocenters. The molecule has 9 nitrogen and oxygen atoms in total. The maximum atomic E-state index is 12.8. The molecule has 0 spiro atoms. The minimum atomic E-state index is -3.68. The smallest absolute Gasteiger partial charge is 0.272 e. The van der Waals surface area contributed by atoms with E-state index in [1.165, 1.54) is 16.6 Å². The minimum absolute atomic E-state index is 0.0583. The Kier molecular flexibility index (Phi) is 5.49. The number of para-hydroxylation sites is 2. The van der Waals surface area contributed by atoms with E-state index >= 15 is 0 Å². The van der Waals surface area contributed by atoms with Crippen LogP contribution in [0.3, 0.4) is 0 Å². The van der Waals surface area contributed by atoms with E-state index < -0.39 is 15.9 Å². The van der Waals surface area contributed by atoms with Crippen LogP contribution in [0, 0.1) is 0 Å². The summed E-state index contributed by atoms with van der Waals surface area (Å²) < 4.78 is 34.2. The lowest BCUT2D eigenvalue weighted by Crippen LogP contribution is -2.40. The summed E-state index contributed by atoms with van der Waals surface area (Å²) in [5, 5.41) is 2.83. The summed E-state index contributed by atoms with van der Waals surface area (Å²) in [4.78, 5) is 20.3. The van der Waals surface area contributed by atoms with Gasteiger partial charge in [-0.2, -0.15) is 4.31 Å². The van der Waals surface area contributed by atoms with E-state index in [1.54, 1.807) is 6.07 Å². The fourth-order valence-corrected chi connectivity index (χ4v) is 5.33. The first-order valence-corrected chi connectivity index (χ1v) is 12.0. The number of ether oxygens (including phenoxy) is 1. The molecule has 1 fully saturated rings. The number of H-pyrrole nitrogens is 1. The van der Waals surface area contributed by atoms with Gasteiger partial charge in [-0.15, -0.1) is 0 Å². The second kappa shape index (κ2) is 8.47. The van der Waals surface area contributed by atoms with E-state index in [9.17, 15) is 13.2 Å². The highest BCUT2D eigenvalue weighted by Gasteiger charge is 2.28. The number of amides is 1. The number of fused-ring (bicyclic) bond motifs is 1. The molecule has 1 amide bonds. The average molecular weight is 466 g/mol. The average Bonchev–Trinajstić information content (AvgIpc) is 3.46. The number of aromatic nitrogens is 3. The van der Waals surface area contributed by atoms with E-state index in [-0.39, 0.29) is 10.6 Å². The van der Waals surface area contributed by atoms with E-state index in [4.69, 9.17) is 9.72 Å². The maximum Gasteiger partial charge on any atom is 0.272 e. The molecule has 1 aliphatic heterocycles. The number of sulfonamides is 1. The molecule has 0 unspecified atom stereocenters. The summed E-state index contributed by atoms with van der Waals surface area (Å²) in [6, 6.07) is 16.6. The summed E-state index contributed by atoms with van der Waals surface area (Å²) in [6.07, 6.45) is 1.34. The number of benzene rings is 2. The van der Waals surface area contributed by atoms with Gasteiger partial charge >= 0.3 is 0 Å².